The molecule has 1 heterocycles. The van der Waals surface area contributed by atoms with E-state index < -0.39 is 5.97 Å². The van der Waals surface area contributed by atoms with Crippen LogP contribution in [-0.4, -0.2) is 59.5 Å². The van der Waals surface area contributed by atoms with Gasteiger partial charge in [0, 0.05) is 31.7 Å². The number of hydrogen-bond acceptors (Lipinski definition) is 3. The molecule has 0 aromatic heterocycles. The van der Waals surface area contributed by atoms with Crippen molar-refractivity contribution >= 4 is 11.9 Å². The second-order valence-corrected chi connectivity index (χ2v) is 5.33. The van der Waals surface area contributed by atoms with Gasteiger partial charge in [0.2, 0.25) is 0 Å². The Labute approximate surface area is 125 Å². The van der Waals surface area contributed by atoms with Crippen molar-refractivity contribution in [3.05, 3.63) is 35.4 Å². The first kappa shape index (κ1) is 15.5. The van der Waals surface area contributed by atoms with Crippen LogP contribution in [0.4, 0.5) is 0 Å². The van der Waals surface area contributed by atoms with E-state index in [1.165, 1.54) is 0 Å². The summed E-state index contributed by atoms with van der Waals surface area (Å²) in [5.74, 6) is -0.754. The maximum atomic E-state index is 12.7. The molecular formula is C16H22N2O3. The van der Waals surface area contributed by atoms with Crippen molar-refractivity contribution in [1.82, 2.24) is 9.80 Å². The van der Waals surface area contributed by atoms with Crippen LogP contribution >= 0.6 is 0 Å². The van der Waals surface area contributed by atoms with Gasteiger partial charge < -0.3 is 10.0 Å². The third kappa shape index (κ3) is 4.04. The van der Waals surface area contributed by atoms with Gasteiger partial charge in [-0.2, -0.15) is 0 Å². The minimum absolute atomic E-state index is 0.0492. The Morgan fingerprint density at radius 1 is 1.14 bits per heavy atom. The van der Waals surface area contributed by atoms with E-state index in [2.05, 4.69) is 0 Å². The van der Waals surface area contributed by atoms with Gasteiger partial charge in [-0.05, 0) is 24.5 Å². The molecule has 1 aliphatic rings. The van der Waals surface area contributed by atoms with Crippen molar-refractivity contribution in [2.24, 2.45) is 0 Å². The minimum atomic E-state index is -0.814. The van der Waals surface area contributed by atoms with Gasteiger partial charge in [-0.25, -0.2) is 0 Å². The Morgan fingerprint density at radius 2 is 1.90 bits per heavy atom. The van der Waals surface area contributed by atoms with Crippen LogP contribution in [0.1, 0.15) is 29.3 Å². The topological polar surface area (TPSA) is 60.9 Å². The van der Waals surface area contributed by atoms with Crippen LogP contribution in [-0.2, 0) is 11.2 Å². The van der Waals surface area contributed by atoms with Crippen molar-refractivity contribution in [1.29, 1.82) is 0 Å². The van der Waals surface area contributed by atoms with Crippen LogP contribution in [0, 0.1) is 0 Å². The number of nitrogens with zero attached hydrogens (tertiary/aromatic N) is 2. The van der Waals surface area contributed by atoms with Crippen molar-refractivity contribution in [3.63, 3.8) is 0 Å². The molecule has 21 heavy (non-hydrogen) atoms. The Balaban J connectivity index is 2.05. The molecule has 1 aliphatic heterocycles. The van der Waals surface area contributed by atoms with E-state index in [0.717, 1.165) is 30.5 Å². The lowest BCUT2D eigenvalue weighted by atomic mass is 10.0. The molecule has 1 amide bonds. The molecule has 5 heteroatoms. The number of carboxylic acids is 1. The third-order valence-corrected chi connectivity index (χ3v) is 3.86. The summed E-state index contributed by atoms with van der Waals surface area (Å²) in [7, 11) is 0. The van der Waals surface area contributed by atoms with Gasteiger partial charge in [0.15, 0.2) is 0 Å². The third-order valence-electron chi connectivity index (χ3n) is 3.86. The Hall–Kier alpha value is -1.88. The number of hydrogen-bond donors (Lipinski definition) is 1. The van der Waals surface area contributed by atoms with E-state index in [9.17, 15) is 9.59 Å². The fraction of sp³-hybridized carbons (Fsp3) is 0.500. The normalized spacial score (nSPS) is 16.5. The zero-order valence-electron chi connectivity index (χ0n) is 12.4. The number of carboxylic acid groups (broad SMARTS) is 1. The smallest absolute Gasteiger partial charge is 0.317 e. The van der Waals surface area contributed by atoms with E-state index in [1.807, 2.05) is 41.0 Å². The summed E-state index contributed by atoms with van der Waals surface area (Å²) in [6, 6.07) is 7.70. The molecule has 1 aromatic rings. The standard InChI is InChI=1S/C16H22N2O3/c1-2-13-6-3-4-7-14(13)16(21)18-9-5-8-17(10-11-18)12-15(19)20/h3-4,6-7H,2,5,8-12H2,1H3,(H,19,20). The number of amides is 1. The van der Waals surface area contributed by atoms with Gasteiger partial charge in [-0.3, -0.25) is 14.5 Å². The summed E-state index contributed by atoms with van der Waals surface area (Å²) in [4.78, 5) is 27.2. The molecule has 2 rings (SSSR count). The second-order valence-electron chi connectivity index (χ2n) is 5.33. The molecule has 0 aliphatic carbocycles. The van der Waals surface area contributed by atoms with Crippen molar-refractivity contribution in [2.45, 2.75) is 19.8 Å². The number of aryl methyl sites for hydroxylation is 1. The fourth-order valence-corrected chi connectivity index (χ4v) is 2.73. The fourth-order valence-electron chi connectivity index (χ4n) is 2.73. The van der Waals surface area contributed by atoms with Crippen molar-refractivity contribution < 1.29 is 14.7 Å². The Kier molecular flexibility index (Phi) is 5.33. The predicted molar refractivity (Wildman–Crippen MR) is 80.4 cm³/mol. The lowest BCUT2D eigenvalue weighted by Crippen LogP contribution is -2.37. The quantitative estimate of drug-likeness (QED) is 0.912. The highest BCUT2D eigenvalue weighted by Crippen LogP contribution is 2.14. The summed E-state index contributed by atoms with van der Waals surface area (Å²) in [6.07, 6.45) is 1.65. The van der Waals surface area contributed by atoms with E-state index in [1.54, 1.807) is 0 Å². The Morgan fingerprint density at radius 3 is 2.62 bits per heavy atom. The molecule has 5 nitrogen and oxygen atoms in total. The number of aliphatic carboxylic acids is 1. The van der Waals surface area contributed by atoms with Gasteiger partial charge in [-0.1, -0.05) is 25.1 Å². The maximum absolute atomic E-state index is 12.7. The molecule has 1 N–H and O–H groups in total. The highest BCUT2D eigenvalue weighted by atomic mass is 16.4. The molecule has 0 bridgehead atoms. The summed E-state index contributed by atoms with van der Waals surface area (Å²) in [5, 5.41) is 8.86. The van der Waals surface area contributed by atoms with Gasteiger partial charge in [-0.15, -0.1) is 0 Å². The van der Waals surface area contributed by atoms with Gasteiger partial charge in [0.25, 0.3) is 5.91 Å². The monoisotopic (exact) mass is 290 g/mol. The average Bonchev–Trinajstić information content (AvgIpc) is 2.71. The van der Waals surface area contributed by atoms with E-state index in [-0.39, 0.29) is 12.5 Å². The first-order valence-electron chi connectivity index (χ1n) is 7.43. The summed E-state index contributed by atoms with van der Waals surface area (Å²) in [5.41, 5.74) is 1.83. The molecule has 0 unspecified atom stereocenters. The van der Waals surface area contributed by atoms with Gasteiger partial charge >= 0.3 is 5.97 Å². The zero-order chi connectivity index (χ0) is 15.2. The molecule has 0 radical (unpaired) electrons. The lowest BCUT2D eigenvalue weighted by Gasteiger charge is -2.22. The maximum Gasteiger partial charge on any atom is 0.317 e. The SMILES string of the molecule is CCc1ccccc1C(=O)N1CCCN(CC(=O)O)CC1. The molecule has 1 fully saturated rings. The largest absolute Gasteiger partial charge is 0.480 e. The summed E-state index contributed by atoms with van der Waals surface area (Å²) < 4.78 is 0. The lowest BCUT2D eigenvalue weighted by molar-refractivity contribution is -0.138. The van der Waals surface area contributed by atoms with Gasteiger partial charge in [0.1, 0.15) is 0 Å². The molecule has 114 valence electrons. The minimum Gasteiger partial charge on any atom is -0.480 e. The molecule has 1 aromatic carbocycles. The summed E-state index contributed by atoms with van der Waals surface area (Å²) in [6.45, 7) is 4.71. The molecule has 0 atom stereocenters. The van der Waals surface area contributed by atoms with Crippen LogP contribution in [0.25, 0.3) is 0 Å². The first-order chi connectivity index (χ1) is 10.1. The summed E-state index contributed by atoms with van der Waals surface area (Å²) >= 11 is 0. The number of benzene rings is 1. The van der Waals surface area contributed by atoms with Crippen LogP contribution in [0.2, 0.25) is 0 Å². The van der Waals surface area contributed by atoms with Gasteiger partial charge in [0.05, 0.1) is 6.54 Å². The molecule has 0 saturated carbocycles. The molecular weight excluding hydrogens is 268 g/mol. The number of carbonyl (C=O) groups is 2. The average molecular weight is 290 g/mol. The molecule has 1 saturated heterocycles. The van der Waals surface area contributed by atoms with Crippen LogP contribution in [0.5, 0.6) is 0 Å². The molecule has 0 spiro atoms. The zero-order valence-corrected chi connectivity index (χ0v) is 12.4. The van der Waals surface area contributed by atoms with E-state index in [4.69, 9.17) is 5.11 Å². The first-order valence-corrected chi connectivity index (χ1v) is 7.43. The van der Waals surface area contributed by atoms with Crippen LogP contribution in [0.3, 0.4) is 0 Å². The Bertz CT molecular complexity index is 516. The van der Waals surface area contributed by atoms with E-state index >= 15 is 0 Å². The van der Waals surface area contributed by atoms with Crippen LogP contribution in [0.15, 0.2) is 24.3 Å². The number of rotatable bonds is 4. The van der Waals surface area contributed by atoms with Crippen LogP contribution < -0.4 is 0 Å². The van der Waals surface area contributed by atoms with Crippen molar-refractivity contribution in [2.75, 3.05) is 32.7 Å². The van der Waals surface area contributed by atoms with Crippen molar-refractivity contribution in [3.8, 4) is 0 Å². The highest BCUT2D eigenvalue weighted by molar-refractivity contribution is 5.95. The predicted octanol–water partition coefficient (Wildman–Crippen LogP) is 1.48. The number of carbonyl (C=O) groups excluding carboxylic acids is 1. The highest BCUT2D eigenvalue weighted by Gasteiger charge is 2.22. The van der Waals surface area contributed by atoms with E-state index in [0.29, 0.717) is 19.6 Å². The second kappa shape index (κ2) is 7.22.